The highest BCUT2D eigenvalue weighted by Gasteiger charge is 2.49. The molecule has 0 bridgehead atoms. The molecule has 1 aliphatic carbocycles. The van der Waals surface area contributed by atoms with Gasteiger partial charge in [-0.25, -0.2) is 0 Å². The molecule has 1 heterocycles. The van der Waals surface area contributed by atoms with Crippen LogP contribution in [0.15, 0.2) is 36.1 Å². The Morgan fingerprint density at radius 3 is 2.50 bits per heavy atom. The number of nitrogens with zero attached hydrogens (tertiary/aromatic N) is 2. The summed E-state index contributed by atoms with van der Waals surface area (Å²) in [6.45, 7) is 3.96. The number of allylic oxidation sites excluding steroid dienone is 2. The molecule has 0 amide bonds. The quantitative estimate of drug-likeness (QED) is 0.857. The number of nitrogens with two attached hydrogens (primary N) is 1. The van der Waals surface area contributed by atoms with Crippen LogP contribution < -0.4 is 5.73 Å². The third kappa shape index (κ3) is 2.68. The molecular weight excluding hydrogens is 302 g/mol. The van der Waals surface area contributed by atoms with E-state index in [1.165, 1.54) is 0 Å². The molecule has 3 rings (SSSR count). The van der Waals surface area contributed by atoms with Gasteiger partial charge < -0.3 is 4.74 Å². The lowest BCUT2D eigenvalue weighted by Crippen LogP contribution is -2.48. The fourth-order valence-corrected chi connectivity index (χ4v) is 3.70. The van der Waals surface area contributed by atoms with Gasteiger partial charge in [0.15, 0.2) is 6.23 Å². The first-order chi connectivity index (χ1) is 11.4. The van der Waals surface area contributed by atoms with Crippen LogP contribution in [0.4, 0.5) is 0 Å². The standard InChI is InChI=1S/C19H19N3O2/c1-19(2)7-14(23)17-15(8-19)24-18(22)13(10-21)16(17)12-5-3-11(9-20)4-6-12/h3-6,8,13,16-18H,7,22H2,1-2H3. The van der Waals surface area contributed by atoms with Crippen molar-refractivity contribution >= 4 is 5.78 Å². The Labute approximate surface area is 141 Å². The molecule has 1 aromatic carbocycles. The van der Waals surface area contributed by atoms with Gasteiger partial charge >= 0.3 is 0 Å². The van der Waals surface area contributed by atoms with Gasteiger partial charge in [0, 0.05) is 12.3 Å². The highest BCUT2D eigenvalue weighted by Crippen LogP contribution is 2.48. The van der Waals surface area contributed by atoms with Crippen LogP contribution in [0.1, 0.15) is 37.3 Å². The first kappa shape index (κ1) is 16.2. The van der Waals surface area contributed by atoms with E-state index in [1.54, 1.807) is 24.3 Å². The Balaban J connectivity index is 2.10. The smallest absolute Gasteiger partial charge is 0.163 e. The number of hydrogen-bond donors (Lipinski definition) is 1. The van der Waals surface area contributed by atoms with Crippen molar-refractivity contribution in [1.29, 1.82) is 10.5 Å². The Morgan fingerprint density at radius 2 is 1.92 bits per heavy atom. The van der Waals surface area contributed by atoms with Gasteiger partial charge in [0.2, 0.25) is 0 Å². The van der Waals surface area contributed by atoms with Crippen molar-refractivity contribution in [1.82, 2.24) is 0 Å². The van der Waals surface area contributed by atoms with E-state index in [1.807, 2.05) is 19.9 Å². The van der Waals surface area contributed by atoms with Crippen LogP contribution in [-0.2, 0) is 9.53 Å². The SMILES string of the molecule is CC1(C)C=C2OC(N)C(C#N)C(c3ccc(C#N)cc3)C2C(=O)C1. The Bertz CT molecular complexity index is 780. The Kier molecular flexibility index (Phi) is 3.91. The van der Waals surface area contributed by atoms with Gasteiger partial charge in [0.05, 0.1) is 23.6 Å². The zero-order chi connectivity index (χ0) is 17.5. The highest BCUT2D eigenvalue weighted by molar-refractivity contribution is 5.87. The Hall–Kier alpha value is -2.63. The van der Waals surface area contributed by atoms with E-state index in [0.717, 1.165) is 5.56 Å². The molecule has 1 saturated heterocycles. The minimum Gasteiger partial charge on any atom is -0.478 e. The Morgan fingerprint density at radius 1 is 1.25 bits per heavy atom. The molecule has 1 aliphatic heterocycles. The molecule has 0 radical (unpaired) electrons. The molecule has 1 aromatic rings. The van der Waals surface area contributed by atoms with Gasteiger partial charge in [-0.2, -0.15) is 10.5 Å². The fraction of sp³-hybridized carbons (Fsp3) is 0.421. The maximum atomic E-state index is 12.8. The molecule has 4 unspecified atom stereocenters. The lowest BCUT2D eigenvalue weighted by Gasteiger charge is -2.44. The van der Waals surface area contributed by atoms with Gasteiger partial charge in [-0.1, -0.05) is 26.0 Å². The molecule has 2 N–H and O–H groups in total. The third-order valence-electron chi connectivity index (χ3n) is 4.76. The van der Waals surface area contributed by atoms with Crippen LogP contribution in [0.3, 0.4) is 0 Å². The van der Waals surface area contributed by atoms with Gasteiger partial charge in [0.25, 0.3) is 0 Å². The molecule has 2 aliphatic rings. The second-order valence-corrected chi connectivity index (χ2v) is 7.15. The number of ketones is 1. The molecule has 122 valence electrons. The first-order valence-electron chi connectivity index (χ1n) is 7.94. The summed E-state index contributed by atoms with van der Waals surface area (Å²) in [4.78, 5) is 12.8. The van der Waals surface area contributed by atoms with Crippen molar-refractivity contribution in [2.24, 2.45) is 23.0 Å². The van der Waals surface area contributed by atoms with Crippen molar-refractivity contribution in [3.8, 4) is 12.1 Å². The maximum absolute atomic E-state index is 12.8. The molecule has 4 atom stereocenters. The summed E-state index contributed by atoms with van der Waals surface area (Å²) < 4.78 is 5.74. The minimum absolute atomic E-state index is 0.0685. The minimum atomic E-state index is -0.778. The van der Waals surface area contributed by atoms with Crippen LogP contribution >= 0.6 is 0 Å². The summed E-state index contributed by atoms with van der Waals surface area (Å²) in [6.07, 6.45) is 1.59. The molecule has 1 fully saturated rings. The molecule has 0 saturated carbocycles. The number of nitriles is 2. The number of hydrogen-bond acceptors (Lipinski definition) is 5. The summed E-state index contributed by atoms with van der Waals surface area (Å²) >= 11 is 0. The van der Waals surface area contributed by atoms with E-state index in [-0.39, 0.29) is 17.1 Å². The number of fused-ring (bicyclic) bond motifs is 1. The van der Waals surface area contributed by atoms with Crippen LogP contribution in [0.5, 0.6) is 0 Å². The molecule has 0 spiro atoms. The van der Waals surface area contributed by atoms with E-state index < -0.39 is 18.1 Å². The van der Waals surface area contributed by atoms with Crippen molar-refractivity contribution in [3.05, 3.63) is 47.2 Å². The van der Waals surface area contributed by atoms with E-state index in [9.17, 15) is 10.1 Å². The van der Waals surface area contributed by atoms with Crippen molar-refractivity contribution in [3.63, 3.8) is 0 Å². The predicted molar refractivity (Wildman–Crippen MR) is 87.0 cm³/mol. The molecular formula is C19H19N3O2. The largest absolute Gasteiger partial charge is 0.478 e. The number of Topliss-reactive ketones (excluding diaryl/α,β-unsaturated/α-hetero) is 1. The number of rotatable bonds is 1. The van der Waals surface area contributed by atoms with Crippen molar-refractivity contribution < 1.29 is 9.53 Å². The van der Waals surface area contributed by atoms with E-state index in [0.29, 0.717) is 17.7 Å². The normalized spacial score (nSPS) is 31.0. The average Bonchev–Trinajstić information content (AvgIpc) is 2.52. The van der Waals surface area contributed by atoms with E-state index in [4.69, 9.17) is 15.7 Å². The summed E-state index contributed by atoms with van der Waals surface area (Å²) in [7, 11) is 0. The first-order valence-corrected chi connectivity index (χ1v) is 7.94. The van der Waals surface area contributed by atoms with Crippen LogP contribution in [-0.4, -0.2) is 12.0 Å². The molecule has 24 heavy (non-hydrogen) atoms. The predicted octanol–water partition coefficient (Wildman–Crippen LogP) is 2.60. The second kappa shape index (κ2) is 5.78. The summed E-state index contributed by atoms with van der Waals surface area (Å²) in [5.41, 5.74) is 7.16. The van der Waals surface area contributed by atoms with Gasteiger partial charge in [-0.05, 0) is 29.2 Å². The second-order valence-electron chi connectivity index (χ2n) is 7.15. The molecule has 5 nitrogen and oxygen atoms in total. The summed E-state index contributed by atoms with van der Waals surface area (Å²) in [5, 5.41) is 18.5. The van der Waals surface area contributed by atoms with E-state index >= 15 is 0 Å². The number of benzene rings is 1. The van der Waals surface area contributed by atoms with E-state index in [2.05, 4.69) is 12.1 Å². The van der Waals surface area contributed by atoms with Crippen molar-refractivity contribution in [2.45, 2.75) is 32.4 Å². The fourth-order valence-electron chi connectivity index (χ4n) is 3.70. The highest BCUT2D eigenvalue weighted by atomic mass is 16.5. The molecule has 5 heteroatoms. The third-order valence-corrected chi connectivity index (χ3v) is 4.76. The van der Waals surface area contributed by atoms with Gasteiger partial charge in [0.1, 0.15) is 17.5 Å². The lowest BCUT2D eigenvalue weighted by atomic mass is 9.66. The number of ether oxygens (including phenoxy) is 1. The maximum Gasteiger partial charge on any atom is 0.163 e. The summed E-state index contributed by atoms with van der Waals surface area (Å²) in [6, 6.07) is 11.3. The van der Waals surface area contributed by atoms with Crippen LogP contribution in [0.25, 0.3) is 0 Å². The zero-order valence-electron chi connectivity index (χ0n) is 13.7. The van der Waals surface area contributed by atoms with Crippen LogP contribution in [0.2, 0.25) is 0 Å². The number of carbonyl (C=O) groups excluding carboxylic acids is 1. The van der Waals surface area contributed by atoms with Gasteiger partial charge in [-0.15, -0.1) is 0 Å². The van der Waals surface area contributed by atoms with Gasteiger partial charge in [-0.3, -0.25) is 10.5 Å². The van der Waals surface area contributed by atoms with Crippen molar-refractivity contribution in [2.75, 3.05) is 0 Å². The zero-order valence-corrected chi connectivity index (χ0v) is 13.7. The number of carbonyl (C=O) groups is 1. The topological polar surface area (TPSA) is 99.9 Å². The lowest BCUT2D eigenvalue weighted by molar-refractivity contribution is -0.130. The molecule has 0 aromatic heterocycles. The van der Waals surface area contributed by atoms with Crippen LogP contribution in [0, 0.1) is 39.9 Å². The summed E-state index contributed by atoms with van der Waals surface area (Å²) in [5.74, 6) is -0.828. The average molecular weight is 321 g/mol. The monoisotopic (exact) mass is 321 g/mol.